The molecule has 4 aromatic carbocycles. The molecule has 4 aromatic rings. The Bertz CT molecular complexity index is 1690. The average Bonchev–Trinajstić information content (AvgIpc) is 3.04. The zero-order chi connectivity index (χ0) is 32.4. The van der Waals surface area contributed by atoms with E-state index in [4.69, 9.17) is 27.9 Å². The molecule has 0 aromatic heterocycles. The lowest BCUT2D eigenvalue weighted by molar-refractivity contribution is -0.140. The lowest BCUT2D eigenvalue weighted by Crippen LogP contribution is -2.52. The summed E-state index contributed by atoms with van der Waals surface area (Å²) in [5.41, 5.74) is 0.816. The molecule has 45 heavy (non-hydrogen) atoms. The third-order valence-electron chi connectivity index (χ3n) is 7.00. The van der Waals surface area contributed by atoms with Crippen LogP contribution < -0.4 is 14.4 Å². The van der Waals surface area contributed by atoms with Crippen LogP contribution in [0.2, 0.25) is 10.0 Å². The predicted molar refractivity (Wildman–Crippen MR) is 178 cm³/mol. The number of hydrogen-bond donors (Lipinski definition) is 1. The van der Waals surface area contributed by atoms with Crippen LogP contribution in [0.1, 0.15) is 32.3 Å². The van der Waals surface area contributed by atoms with Gasteiger partial charge in [0.1, 0.15) is 24.1 Å². The highest BCUT2D eigenvalue weighted by atomic mass is 35.5. The topological polar surface area (TPSA) is 96.0 Å². The third kappa shape index (κ3) is 8.78. The van der Waals surface area contributed by atoms with Gasteiger partial charge in [-0.25, -0.2) is 8.42 Å². The van der Waals surface area contributed by atoms with Crippen molar-refractivity contribution in [2.75, 3.05) is 17.4 Å². The SMILES string of the molecule is CCCNC(=O)[C@@H](CC)N(Cc1ccc(Cl)cc1Cl)C(=O)CN(c1ccc(Oc2ccccc2)cc1)S(=O)(=O)c1ccccc1. The molecule has 0 spiro atoms. The Morgan fingerprint density at radius 2 is 1.47 bits per heavy atom. The predicted octanol–water partition coefficient (Wildman–Crippen LogP) is 7.31. The van der Waals surface area contributed by atoms with Crippen molar-refractivity contribution in [3.8, 4) is 11.5 Å². The molecular formula is C34H35Cl2N3O5S. The standard InChI is InChI=1S/C34H35Cl2N3O5S/c1-3-21-37-34(41)32(4-2)38(23-25-15-16-26(35)22-31(25)36)33(40)24-39(45(42,43)30-13-9-6-10-14-30)27-17-19-29(20-18-27)44-28-11-7-5-8-12-28/h5-20,22,32H,3-4,21,23-24H2,1-2H3,(H,37,41)/t32-/m1/s1. The molecule has 0 bridgehead atoms. The van der Waals surface area contributed by atoms with Crippen LogP contribution >= 0.6 is 23.2 Å². The molecule has 0 fully saturated rings. The molecule has 1 atom stereocenters. The van der Waals surface area contributed by atoms with Crippen LogP contribution in [0.15, 0.2) is 108 Å². The number of halogens is 2. The summed E-state index contributed by atoms with van der Waals surface area (Å²) in [6.45, 7) is 3.56. The molecule has 0 unspecified atom stereocenters. The Hall–Kier alpha value is -4.05. The fourth-order valence-corrected chi connectivity index (χ4v) is 6.58. The normalized spacial score (nSPS) is 11.8. The maximum Gasteiger partial charge on any atom is 0.264 e. The highest BCUT2D eigenvalue weighted by Crippen LogP contribution is 2.29. The third-order valence-corrected chi connectivity index (χ3v) is 9.38. The quantitative estimate of drug-likeness (QED) is 0.152. The van der Waals surface area contributed by atoms with Gasteiger partial charge >= 0.3 is 0 Å². The average molecular weight is 669 g/mol. The van der Waals surface area contributed by atoms with E-state index >= 15 is 0 Å². The first-order valence-corrected chi connectivity index (χ1v) is 16.8. The minimum absolute atomic E-state index is 0.0161. The molecule has 0 aliphatic rings. The number of benzene rings is 4. The summed E-state index contributed by atoms with van der Waals surface area (Å²) in [4.78, 5) is 28.9. The van der Waals surface area contributed by atoms with E-state index in [-0.39, 0.29) is 23.0 Å². The highest BCUT2D eigenvalue weighted by molar-refractivity contribution is 7.92. The first kappa shape index (κ1) is 33.8. The molecule has 0 saturated carbocycles. The number of amides is 2. The number of anilines is 1. The van der Waals surface area contributed by atoms with Crippen LogP contribution in [0, 0.1) is 0 Å². The van der Waals surface area contributed by atoms with E-state index in [0.29, 0.717) is 46.5 Å². The summed E-state index contributed by atoms with van der Waals surface area (Å²) < 4.78 is 35.0. The van der Waals surface area contributed by atoms with Crippen LogP contribution in [0.3, 0.4) is 0 Å². The summed E-state index contributed by atoms with van der Waals surface area (Å²) in [7, 11) is -4.21. The molecule has 0 radical (unpaired) electrons. The molecule has 4 rings (SSSR count). The van der Waals surface area contributed by atoms with Crippen molar-refractivity contribution in [1.29, 1.82) is 0 Å². The van der Waals surface area contributed by atoms with Crippen molar-refractivity contribution in [1.82, 2.24) is 10.2 Å². The summed E-state index contributed by atoms with van der Waals surface area (Å²) in [6, 6.07) is 27.5. The summed E-state index contributed by atoms with van der Waals surface area (Å²) in [5.74, 6) is 0.199. The van der Waals surface area contributed by atoms with Crippen LogP contribution in [0.5, 0.6) is 11.5 Å². The second-order valence-electron chi connectivity index (χ2n) is 10.2. The number of para-hydroxylation sites is 1. The zero-order valence-corrected chi connectivity index (χ0v) is 27.4. The Labute approximate surface area is 274 Å². The van der Waals surface area contributed by atoms with Gasteiger partial charge in [0, 0.05) is 23.1 Å². The van der Waals surface area contributed by atoms with E-state index in [1.54, 1.807) is 79.7 Å². The number of nitrogens with one attached hydrogen (secondary N) is 1. The van der Waals surface area contributed by atoms with Crippen molar-refractivity contribution in [2.24, 2.45) is 0 Å². The van der Waals surface area contributed by atoms with Gasteiger partial charge in [-0.1, -0.05) is 79.5 Å². The van der Waals surface area contributed by atoms with Crippen LogP contribution in [0.4, 0.5) is 5.69 Å². The Morgan fingerprint density at radius 3 is 2.07 bits per heavy atom. The lowest BCUT2D eigenvalue weighted by atomic mass is 10.1. The number of carbonyl (C=O) groups is 2. The Balaban J connectivity index is 1.72. The number of carbonyl (C=O) groups excluding carboxylic acids is 2. The molecule has 0 aliphatic carbocycles. The molecule has 0 heterocycles. The first-order valence-electron chi connectivity index (χ1n) is 14.6. The Kier molecular flexibility index (Phi) is 11.9. The van der Waals surface area contributed by atoms with Crippen molar-refractivity contribution in [3.05, 3.63) is 119 Å². The fraction of sp³-hybridized carbons (Fsp3) is 0.235. The van der Waals surface area contributed by atoms with E-state index in [1.165, 1.54) is 17.0 Å². The van der Waals surface area contributed by atoms with E-state index in [9.17, 15) is 18.0 Å². The summed E-state index contributed by atoms with van der Waals surface area (Å²) in [5, 5.41) is 3.61. The van der Waals surface area contributed by atoms with Crippen molar-refractivity contribution >= 4 is 50.7 Å². The number of sulfonamides is 1. The smallest absolute Gasteiger partial charge is 0.264 e. The van der Waals surface area contributed by atoms with Crippen molar-refractivity contribution in [3.63, 3.8) is 0 Å². The molecule has 0 saturated heterocycles. The number of hydrogen-bond acceptors (Lipinski definition) is 5. The van der Waals surface area contributed by atoms with Gasteiger partial charge in [-0.15, -0.1) is 0 Å². The van der Waals surface area contributed by atoms with Gasteiger partial charge in [-0.2, -0.15) is 0 Å². The van der Waals surface area contributed by atoms with Gasteiger partial charge in [0.05, 0.1) is 10.6 Å². The number of ether oxygens (including phenoxy) is 1. The fourth-order valence-electron chi connectivity index (χ4n) is 4.67. The number of rotatable bonds is 14. The van der Waals surface area contributed by atoms with Crippen LogP contribution in [-0.4, -0.2) is 44.3 Å². The van der Waals surface area contributed by atoms with Gasteiger partial charge in [-0.3, -0.25) is 13.9 Å². The monoisotopic (exact) mass is 667 g/mol. The van der Waals surface area contributed by atoms with Crippen molar-refractivity contribution in [2.45, 2.75) is 44.2 Å². The molecule has 8 nitrogen and oxygen atoms in total. The summed E-state index contributed by atoms with van der Waals surface area (Å²) >= 11 is 12.6. The maximum absolute atomic E-state index is 14.2. The van der Waals surface area contributed by atoms with E-state index in [1.807, 2.05) is 25.1 Å². The van der Waals surface area contributed by atoms with Crippen LogP contribution in [0.25, 0.3) is 0 Å². The minimum atomic E-state index is -4.21. The molecule has 236 valence electrons. The maximum atomic E-state index is 14.2. The second kappa shape index (κ2) is 15.8. The Morgan fingerprint density at radius 1 is 0.844 bits per heavy atom. The number of nitrogens with zero attached hydrogens (tertiary/aromatic N) is 2. The highest BCUT2D eigenvalue weighted by Gasteiger charge is 2.34. The van der Waals surface area contributed by atoms with Gasteiger partial charge in [0.25, 0.3) is 10.0 Å². The van der Waals surface area contributed by atoms with E-state index in [2.05, 4.69) is 5.32 Å². The van der Waals surface area contributed by atoms with Crippen LogP contribution in [-0.2, 0) is 26.2 Å². The molecule has 2 amide bonds. The molecule has 1 N–H and O–H groups in total. The van der Waals surface area contributed by atoms with Gasteiger partial charge < -0.3 is 15.0 Å². The first-order chi connectivity index (χ1) is 21.6. The zero-order valence-electron chi connectivity index (χ0n) is 25.0. The molecular weight excluding hydrogens is 633 g/mol. The minimum Gasteiger partial charge on any atom is -0.457 e. The van der Waals surface area contributed by atoms with Gasteiger partial charge in [-0.05, 0) is 79.1 Å². The van der Waals surface area contributed by atoms with Gasteiger partial charge in [0.15, 0.2) is 0 Å². The second-order valence-corrected chi connectivity index (χ2v) is 12.9. The molecule has 0 aliphatic heterocycles. The molecule has 11 heteroatoms. The van der Waals surface area contributed by atoms with E-state index < -0.39 is 28.5 Å². The van der Waals surface area contributed by atoms with Gasteiger partial charge in [0.2, 0.25) is 11.8 Å². The van der Waals surface area contributed by atoms with Crippen molar-refractivity contribution < 1.29 is 22.7 Å². The largest absolute Gasteiger partial charge is 0.457 e. The summed E-state index contributed by atoms with van der Waals surface area (Å²) in [6.07, 6.45) is 1.01. The lowest BCUT2D eigenvalue weighted by Gasteiger charge is -2.33. The van der Waals surface area contributed by atoms with E-state index in [0.717, 1.165) is 4.31 Å².